The molecule has 0 aliphatic rings. The van der Waals surface area contributed by atoms with Crippen LogP contribution >= 0.6 is 11.6 Å². The number of benzene rings is 2. The van der Waals surface area contributed by atoms with Crippen LogP contribution in [0.4, 0.5) is 5.69 Å². The van der Waals surface area contributed by atoms with Crippen molar-refractivity contribution < 1.29 is 9.59 Å². The Morgan fingerprint density at radius 3 is 2.57 bits per heavy atom. The molecule has 7 heteroatoms. The smallest absolute Gasteiger partial charge is 0.257 e. The second-order valence-corrected chi connectivity index (χ2v) is 6.76. The molecule has 2 aromatic carbocycles. The maximum Gasteiger partial charge on any atom is 0.257 e. The summed E-state index contributed by atoms with van der Waals surface area (Å²) in [6.45, 7) is 1.89. The van der Waals surface area contributed by atoms with Gasteiger partial charge in [0.2, 0.25) is 5.91 Å². The van der Waals surface area contributed by atoms with Crippen molar-refractivity contribution in [1.29, 1.82) is 0 Å². The lowest BCUT2D eigenvalue weighted by Gasteiger charge is -2.17. The average Bonchev–Trinajstić information content (AvgIpc) is 3.11. The zero-order valence-corrected chi connectivity index (χ0v) is 16.5. The maximum atomic E-state index is 12.9. The van der Waals surface area contributed by atoms with Crippen molar-refractivity contribution in [1.82, 2.24) is 14.7 Å². The van der Waals surface area contributed by atoms with Crippen LogP contribution in [0.2, 0.25) is 5.02 Å². The van der Waals surface area contributed by atoms with Crippen LogP contribution in [0.15, 0.2) is 60.8 Å². The zero-order chi connectivity index (χ0) is 20.1. The Bertz CT molecular complexity index is 985. The van der Waals surface area contributed by atoms with Crippen LogP contribution in [-0.2, 0) is 11.2 Å². The van der Waals surface area contributed by atoms with E-state index in [4.69, 9.17) is 11.6 Å². The lowest BCUT2D eigenvalue weighted by molar-refractivity contribution is -0.116. The van der Waals surface area contributed by atoms with Crippen LogP contribution in [0.25, 0.3) is 5.69 Å². The van der Waals surface area contributed by atoms with Crippen molar-refractivity contribution in [2.24, 2.45) is 0 Å². The standard InChI is InChI=1S/C21H21ClN4O2/c1-3-19-18(13-23-26(19)17-10-5-4-6-11-17)21(28)25(2)14-20(27)24-16-9-7-8-15(22)12-16/h4-13H,3,14H2,1-2H3,(H,24,27). The highest BCUT2D eigenvalue weighted by atomic mass is 35.5. The maximum absolute atomic E-state index is 12.9. The summed E-state index contributed by atoms with van der Waals surface area (Å²) in [7, 11) is 1.60. The molecule has 0 radical (unpaired) electrons. The van der Waals surface area contributed by atoms with Gasteiger partial charge in [0.05, 0.1) is 29.7 Å². The molecule has 1 heterocycles. The van der Waals surface area contributed by atoms with E-state index < -0.39 is 0 Å². The summed E-state index contributed by atoms with van der Waals surface area (Å²) in [5.41, 5.74) is 2.77. The Morgan fingerprint density at radius 2 is 1.89 bits per heavy atom. The van der Waals surface area contributed by atoms with E-state index in [1.807, 2.05) is 37.3 Å². The Hall–Kier alpha value is -3.12. The molecule has 3 aromatic rings. The van der Waals surface area contributed by atoms with Crippen molar-refractivity contribution in [3.05, 3.63) is 77.1 Å². The number of rotatable bonds is 6. The van der Waals surface area contributed by atoms with Gasteiger partial charge in [0.1, 0.15) is 0 Å². The van der Waals surface area contributed by atoms with Gasteiger partial charge < -0.3 is 10.2 Å². The third-order valence-corrected chi connectivity index (χ3v) is 4.51. The molecule has 1 aromatic heterocycles. The Balaban J connectivity index is 1.73. The summed E-state index contributed by atoms with van der Waals surface area (Å²) in [5.74, 6) is -0.549. The fourth-order valence-electron chi connectivity index (χ4n) is 2.94. The summed E-state index contributed by atoms with van der Waals surface area (Å²) in [5, 5.41) is 7.64. The number of likely N-dealkylation sites (N-methyl/N-ethyl adjacent to an activating group) is 1. The Labute approximate surface area is 168 Å². The number of hydrogen-bond acceptors (Lipinski definition) is 3. The Kier molecular flexibility index (Phi) is 6.11. The molecule has 0 aliphatic heterocycles. The van der Waals surface area contributed by atoms with E-state index in [9.17, 15) is 9.59 Å². The number of carbonyl (C=O) groups is 2. The van der Waals surface area contributed by atoms with Crippen LogP contribution in [0.5, 0.6) is 0 Å². The summed E-state index contributed by atoms with van der Waals surface area (Å²) in [6, 6.07) is 16.5. The minimum Gasteiger partial charge on any atom is -0.332 e. The van der Waals surface area contributed by atoms with Crippen LogP contribution in [0.3, 0.4) is 0 Å². The Morgan fingerprint density at radius 1 is 1.14 bits per heavy atom. The van der Waals surface area contributed by atoms with Gasteiger partial charge in [-0.15, -0.1) is 0 Å². The highest BCUT2D eigenvalue weighted by molar-refractivity contribution is 6.30. The number of nitrogens with zero attached hydrogens (tertiary/aromatic N) is 3. The fourth-order valence-corrected chi connectivity index (χ4v) is 3.13. The molecule has 6 nitrogen and oxygen atoms in total. The van der Waals surface area contributed by atoms with Gasteiger partial charge in [-0.05, 0) is 36.8 Å². The number of halogens is 1. The van der Waals surface area contributed by atoms with E-state index >= 15 is 0 Å². The highest BCUT2D eigenvalue weighted by Crippen LogP contribution is 2.18. The normalized spacial score (nSPS) is 10.5. The van der Waals surface area contributed by atoms with E-state index in [2.05, 4.69) is 10.4 Å². The lowest BCUT2D eigenvalue weighted by atomic mass is 10.1. The number of amides is 2. The molecule has 0 bridgehead atoms. The SMILES string of the molecule is CCc1c(C(=O)N(C)CC(=O)Nc2cccc(Cl)c2)cnn1-c1ccccc1. The van der Waals surface area contributed by atoms with E-state index in [0.29, 0.717) is 22.7 Å². The van der Waals surface area contributed by atoms with Crippen molar-refractivity contribution in [2.45, 2.75) is 13.3 Å². The first kappa shape index (κ1) is 19.6. The van der Waals surface area contributed by atoms with Gasteiger partial charge in [0, 0.05) is 17.8 Å². The molecule has 0 atom stereocenters. The van der Waals surface area contributed by atoms with Gasteiger partial charge in [0.15, 0.2) is 0 Å². The second kappa shape index (κ2) is 8.71. The minimum absolute atomic E-state index is 0.0784. The molecule has 2 amide bonds. The molecular formula is C21H21ClN4O2. The number of hydrogen-bond donors (Lipinski definition) is 1. The molecule has 0 aliphatic carbocycles. The molecule has 0 spiro atoms. The van der Waals surface area contributed by atoms with Crippen molar-refractivity contribution in [3.63, 3.8) is 0 Å². The lowest BCUT2D eigenvalue weighted by Crippen LogP contribution is -2.35. The topological polar surface area (TPSA) is 67.2 Å². The molecule has 28 heavy (non-hydrogen) atoms. The third kappa shape index (κ3) is 4.40. The summed E-state index contributed by atoms with van der Waals surface area (Å²) in [4.78, 5) is 26.5. The van der Waals surface area contributed by atoms with E-state index in [1.54, 1.807) is 42.2 Å². The first-order valence-electron chi connectivity index (χ1n) is 8.92. The molecule has 0 saturated heterocycles. The van der Waals surface area contributed by atoms with Gasteiger partial charge in [-0.2, -0.15) is 5.10 Å². The van der Waals surface area contributed by atoms with Crippen LogP contribution in [-0.4, -0.2) is 40.1 Å². The van der Waals surface area contributed by atoms with E-state index in [0.717, 1.165) is 11.4 Å². The monoisotopic (exact) mass is 396 g/mol. The number of aromatic nitrogens is 2. The van der Waals surface area contributed by atoms with Crippen LogP contribution in [0.1, 0.15) is 23.0 Å². The minimum atomic E-state index is -0.299. The molecule has 0 unspecified atom stereocenters. The van der Waals surface area contributed by atoms with Crippen molar-refractivity contribution in [3.8, 4) is 5.69 Å². The largest absolute Gasteiger partial charge is 0.332 e. The average molecular weight is 397 g/mol. The third-order valence-electron chi connectivity index (χ3n) is 4.27. The zero-order valence-electron chi connectivity index (χ0n) is 15.7. The summed E-state index contributed by atoms with van der Waals surface area (Å²) >= 11 is 5.93. The fraction of sp³-hybridized carbons (Fsp3) is 0.190. The predicted octanol–water partition coefficient (Wildman–Crippen LogP) is 3.80. The highest BCUT2D eigenvalue weighted by Gasteiger charge is 2.21. The molecule has 144 valence electrons. The second-order valence-electron chi connectivity index (χ2n) is 6.33. The van der Waals surface area contributed by atoms with Gasteiger partial charge in [0.25, 0.3) is 5.91 Å². The van der Waals surface area contributed by atoms with Gasteiger partial charge in [-0.3, -0.25) is 9.59 Å². The number of anilines is 1. The summed E-state index contributed by atoms with van der Waals surface area (Å²) in [6.07, 6.45) is 2.19. The predicted molar refractivity (Wildman–Crippen MR) is 110 cm³/mol. The number of nitrogens with one attached hydrogen (secondary N) is 1. The number of carbonyl (C=O) groups excluding carboxylic acids is 2. The summed E-state index contributed by atoms with van der Waals surface area (Å²) < 4.78 is 1.76. The molecule has 0 fully saturated rings. The van der Waals surface area contributed by atoms with E-state index in [1.165, 1.54) is 4.90 Å². The van der Waals surface area contributed by atoms with Gasteiger partial charge >= 0.3 is 0 Å². The van der Waals surface area contributed by atoms with Crippen molar-refractivity contribution in [2.75, 3.05) is 18.9 Å². The van der Waals surface area contributed by atoms with Gasteiger partial charge in [-0.25, -0.2) is 4.68 Å². The first-order chi connectivity index (χ1) is 13.5. The quantitative estimate of drug-likeness (QED) is 0.689. The molecule has 3 rings (SSSR count). The molecule has 1 N–H and O–H groups in total. The van der Waals surface area contributed by atoms with E-state index in [-0.39, 0.29) is 18.4 Å². The number of para-hydroxylation sites is 1. The van der Waals surface area contributed by atoms with Crippen molar-refractivity contribution >= 4 is 29.1 Å². The molecule has 0 saturated carbocycles. The molecular weight excluding hydrogens is 376 g/mol. The van der Waals surface area contributed by atoms with Crippen LogP contribution in [0, 0.1) is 0 Å². The van der Waals surface area contributed by atoms with Gasteiger partial charge in [-0.1, -0.05) is 42.8 Å². The van der Waals surface area contributed by atoms with Crippen LogP contribution < -0.4 is 5.32 Å². The first-order valence-corrected chi connectivity index (χ1v) is 9.30.